The molecule has 160 valence electrons. The van der Waals surface area contributed by atoms with Crippen molar-refractivity contribution >= 4 is 17.6 Å². The molecule has 0 aliphatic heterocycles. The first kappa shape index (κ1) is 21.6. The third-order valence-electron chi connectivity index (χ3n) is 4.74. The Kier molecular flexibility index (Phi) is 6.92. The molecule has 1 aliphatic carbocycles. The molecule has 1 aromatic carbocycles. The summed E-state index contributed by atoms with van der Waals surface area (Å²) in [7, 11) is 0. The molecule has 3 N–H and O–H groups in total. The van der Waals surface area contributed by atoms with Gasteiger partial charge in [0.1, 0.15) is 6.10 Å². The summed E-state index contributed by atoms with van der Waals surface area (Å²) in [6.45, 7) is 6.06. The quantitative estimate of drug-likeness (QED) is 0.664. The van der Waals surface area contributed by atoms with Crippen molar-refractivity contribution in [2.24, 2.45) is 0 Å². The molecule has 0 radical (unpaired) electrons. The molecule has 0 bridgehead atoms. The fraction of sp³-hybridized carbons (Fsp3) is 0.435. The van der Waals surface area contributed by atoms with Crippen LogP contribution in [0.3, 0.4) is 0 Å². The number of carbonyl (C=O) groups is 2. The molecule has 0 atom stereocenters. The van der Waals surface area contributed by atoms with Crippen molar-refractivity contribution in [2.75, 3.05) is 5.32 Å². The van der Waals surface area contributed by atoms with Gasteiger partial charge in [-0.1, -0.05) is 12.1 Å². The topological polar surface area (TPSA) is 92.4 Å². The van der Waals surface area contributed by atoms with E-state index >= 15 is 0 Å². The first-order chi connectivity index (χ1) is 14.3. The molecule has 3 rings (SSSR count). The third kappa shape index (κ3) is 6.47. The molecule has 0 spiro atoms. The highest BCUT2D eigenvalue weighted by molar-refractivity contribution is 5.97. The summed E-state index contributed by atoms with van der Waals surface area (Å²) in [5, 5.41) is 8.51. The molecule has 7 nitrogen and oxygen atoms in total. The standard InChI is InChI=1S/C23H30N4O3/c1-23(2,3)27-20(28)16-8-6-10-18(14-16)26-22(29)25-15-17-9-7-13-24-21(17)30-19-11-4-5-12-19/h6-10,13-14,19H,4-5,11-12,15H2,1-3H3,(H,27,28)(H2,25,26,29). The van der Waals surface area contributed by atoms with E-state index < -0.39 is 0 Å². The average molecular weight is 411 g/mol. The van der Waals surface area contributed by atoms with Gasteiger partial charge in [-0.15, -0.1) is 0 Å². The fourth-order valence-electron chi connectivity index (χ4n) is 3.33. The van der Waals surface area contributed by atoms with Gasteiger partial charge in [-0.3, -0.25) is 4.79 Å². The predicted octanol–water partition coefficient (Wildman–Crippen LogP) is 4.25. The van der Waals surface area contributed by atoms with Crippen molar-refractivity contribution in [1.82, 2.24) is 15.6 Å². The average Bonchev–Trinajstić information content (AvgIpc) is 3.19. The molecule has 0 saturated heterocycles. The molecule has 2 aromatic rings. The molecule has 30 heavy (non-hydrogen) atoms. The lowest BCUT2D eigenvalue weighted by Crippen LogP contribution is -2.40. The summed E-state index contributed by atoms with van der Waals surface area (Å²) in [5.74, 6) is 0.390. The van der Waals surface area contributed by atoms with Crippen LogP contribution in [0.1, 0.15) is 62.4 Å². The Morgan fingerprint density at radius 1 is 1.13 bits per heavy atom. The summed E-state index contributed by atoms with van der Waals surface area (Å²) >= 11 is 0. The van der Waals surface area contributed by atoms with Gasteiger partial charge < -0.3 is 20.7 Å². The maximum Gasteiger partial charge on any atom is 0.319 e. The normalized spacial score (nSPS) is 14.2. The van der Waals surface area contributed by atoms with E-state index in [-0.39, 0.29) is 23.6 Å². The van der Waals surface area contributed by atoms with Gasteiger partial charge in [-0.25, -0.2) is 9.78 Å². The van der Waals surface area contributed by atoms with Crippen molar-refractivity contribution in [1.29, 1.82) is 0 Å². The number of anilines is 1. The number of nitrogens with one attached hydrogen (secondary N) is 3. The van der Waals surface area contributed by atoms with Crippen molar-refractivity contribution < 1.29 is 14.3 Å². The molecule has 1 fully saturated rings. The van der Waals surface area contributed by atoms with Crippen LogP contribution in [0.4, 0.5) is 10.5 Å². The fourth-order valence-corrected chi connectivity index (χ4v) is 3.33. The van der Waals surface area contributed by atoms with Gasteiger partial charge in [0.25, 0.3) is 5.91 Å². The van der Waals surface area contributed by atoms with E-state index in [2.05, 4.69) is 20.9 Å². The van der Waals surface area contributed by atoms with Crippen LogP contribution in [0, 0.1) is 0 Å². The van der Waals surface area contributed by atoms with Crippen LogP contribution in [0.15, 0.2) is 42.6 Å². The molecular formula is C23H30N4O3. The lowest BCUT2D eigenvalue weighted by atomic mass is 10.1. The Hall–Kier alpha value is -3.09. The second-order valence-corrected chi connectivity index (χ2v) is 8.58. The summed E-state index contributed by atoms with van der Waals surface area (Å²) in [6.07, 6.45) is 6.35. The maximum atomic E-state index is 12.4. The Balaban J connectivity index is 1.56. The zero-order chi connectivity index (χ0) is 21.6. The minimum atomic E-state index is -0.362. The smallest absolute Gasteiger partial charge is 0.319 e. The highest BCUT2D eigenvalue weighted by Crippen LogP contribution is 2.25. The Morgan fingerprint density at radius 3 is 2.63 bits per heavy atom. The van der Waals surface area contributed by atoms with Gasteiger partial charge >= 0.3 is 6.03 Å². The van der Waals surface area contributed by atoms with Crippen LogP contribution in [0.2, 0.25) is 0 Å². The highest BCUT2D eigenvalue weighted by atomic mass is 16.5. The number of rotatable bonds is 6. The van der Waals surface area contributed by atoms with Gasteiger partial charge in [0.2, 0.25) is 5.88 Å². The zero-order valence-corrected chi connectivity index (χ0v) is 17.8. The summed E-state index contributed by atoms with van der Waals surface area (Å²) < 4.78 is 6.01. The number of pyridine rings is 1. The minimum absolute atomic E-state index is 0.185. The van der Waals surface area contributed by atoms with Crippen molar-refractivity contribution in [3.05, 3.63) is 53.7 Å². The number of urea groups is 1. The highest BCUT2D eigenvalue weighted by Gasteiger charge is 2.19. The molecule has 1 heterocycles. The van der Waals surface area contributed by atoms with E-state index in [1.165, 1.54) is 12.8 Å². The van der Waals surface area contributed by atoms with Crippen LogP contribution in [-0.4, -0.2) is 28.6 Å². The lowest BCUT2D eigenvalue weighted by molar-refractivity contribution is 0.0919. The monoisotopic (exact) mass is 410 g/mol. The number of aromatic nitrogens is 1. The van der Waals surface area contributed by atoms with E-state index in [1.54, 1.807) is 30.5 Å². The number of nitrogens with zero attached hydrogens (tertiary/aromatic N) is 1. The van der Waals surface area contributed by atoms with Crippen LogP contribution >= 0.6 is 0 Å². The van der Waals surface area contributed by atoms with Crippen LogP contribution in [0.5, 0.6) is 5.88 Å². The molecular weight excluding hydrogens is 380 g/mol. The largest absolute Gasteiger partial charge is 0.474 e. The van der Waals surface area contributed by atoms with Gasteiger partial charge in [0, 0.05) is 35.1 Å². The number of carbonyl (C=O) groups excluding carboxylic acids is 2. The van der Waals surface area contributed by atoms with Gasteiger partial charge in [0.15, 0.2) is 0 Å². The second kappa shape index (κ2) is 9.61. The van der Waals surface area contributed by atoms with Gasteiger partial charge in [-0.2, -0.15) is 0 Å². The first-order valence-corrected chi connectivity index (χ1v) is 10.4. The van der Waals surface area contributed by atoms with E-state index in [0.717, 1.165) is 18.4 Å². The maximum absolute atomic E-state index is 12.4. The minimum Gasteiger partial charge on any atom is -0.474 e. The third-order valence-corrected chi connectivity index (χ3v) is 4.74. The zero-order valence-electron chi connectivity index (χ0n) is 17.8. The number of hydrogen-bond donors (Lipinski definition) is 3. The molecule has 1 aromatic heterocycles. The van der Waals surface area contributed by atoms with Crippen LogP contribution < -0.4 is 20.7 Å². The van der Waals surface area contributed by atoms with Crippen molar-refractivity contribution in [3.8, 4) is 5.88 Å². The summed E-state index contributed by atoms with van der Waals surface area (Å²) in [5.41, 5.74) is 1.53. The summed E-state index contributed by atoms with van der Waals surface area (Å²) in [6, 6.07) is 10.2. The summed E-state index contributed by atoms with van der Waals surface area (Å²) in [4.78, 5) is 29.0. The lowest BCUT2D eigenvalue weighted by Gasteiger charge is -2.20. The predicted molar refractivity (Wildman–Crippen MR) is 117 cm³/mol. The molecule has 7 heteroatoms. The van der Waals surface area contributed by atoms with E-state index in [9.17, 15) is 9.59 Å². The number of ether oxygens (including phenoxy) is 1. The molecule has 1 saturated carbocycles. The number of amides is 3. The van der Waals surface area contributed by atoms with E-state index in [1.807, 2.05) is 32.9 Å². The SMILES string of the molecule is CC(C)(C)NC(=O)c1cccc(NC(=O)NCc2cccnc2OC2CCCC2)c1. The number of benzene rings is 1. The number of hydrogen-bond acceptors (Lipinski definition) is 4. The van der Waals surface area contributed by atoms with Crippen molar-refractivity contribution in [2.45, 2.75) is 64.6 Å². The van der Waals surface area contributed by atoms with Gasteiger partial charge in [-0.05, 0) is 70.7 Å². The first-order valence-electron chi connectivity index (χ1n) is 10.4. The molecule has 1 aliphatic rings. The van der Waals surface area contributed by atoms with E-state index in [0.29, 0.717) is 23.7 Å². The second-order valence-electron chi connectivity index (χ2n) is 8.58. The molecule has 0 unspecified atom stereocenters. The molecule has 3 amide bonds. The van der Waals surface area contributed by atoms with Crippen molar-refractivity contribution in [3.63, 3.8) is 0 Å². The Labute approximate surface area is 177 Å². The Morgan fingerprint density at radius 2 is 1.90 bits per heavy atom. The van der Waals surface area contributed by atoms with Crippen LogP contribution in [-0.2, 0) is 6.54 Å². The van der Waals surface area contributed by atoms with E-state index in [4.69, 9.17) is 4.74 Å². The van der Waals surface area contributed by atoms with Gasteiger partial charge in [0.05, 0.1) is 0 Å². The van der Waals surface area contributed by atoms with Crippen LogP contribution in [0.25, 0.3) is 0 Å². The Bertz CT molecular complexity index is 886.